The minimum absolute atomic E-state index is 0.161. The molecular formula is C18H14N2O3. The number of pyridine rings is 1. The lowest BCUT2D eigenvalue weighted by Crippen LogP contribution is -2.06. The lowest BCUT2D eigenvalue weighted by molar-refractivity contribution is -0.114. The van der Waals surface area contributed by atoms with E-state index < -0.39 is 5.97 Å². The van der Waals surface area contributed by atoms with Gasteiger partial charge in [-0.25, -0.2) is 4.79 Å². The molecule has 3 rings (SSSR count). The van der Waals surface area contributed by atoms with E-state index in [9.17, 15) is 14.7 Å². The van der Waals surface area contributed by atoms with Crippen LogP contribution in [-0.2, 0) is 4.79 Å². The zero-order valence-electron chi connectivity index (χ0n) is 12.4. The Morgan fingerprint density at radius 3 is 2.61 bits per heavy atom. The summed E-state index contributed by atoms with van der Waals surface area (Å²) in [4.78, 5) is 26.9. The number of carboxylic acids is 1. The van der Waals surface area contributed by atoms with Gasteiger partial charge in [0.15, 0.2) is 0 Å². The van der Waals surface area contributed by atoms with Crippen molar-refractivity contribution >= 4 is 28.5 Å². The molecule has 0 bridgehead atoms. The average Bonchev–Trinajstić information content (AvgIpc) is 2.53. The van der Waals surface area contributed by atoms with E-state index in [2.05, 4.69) is 10.3 Å². The number of para-hydroxylation sites is 1. The van der Waals surface area contributed by atoms with Crippen molar-refractivity contribution in [2.24, 2.45) is 0 Å². The van der Waals surface area contributed by atoms with Crippen molar-refractivity contribution in [3.63, 3.8) is 0 Å². The van der Waals surface area contributed by atoms with Crippen molar-refractivity contribution in [2.75, 3.05) is 5.32 Å². The molecule has 1 heterocycles. The molecule has 2 N–H and O–H groups in total. The highest BCUT2D eigenvalue weighted by Gasteiger charge is 2.12. The van der Waals surface area contributed by atoms with Gasteiger partial charge in [-0.3, -0.25) is 9.78 Å². The van der Waals surface area contributed by atoms with Crippen LogP contribution < -0.4 is 5.32 Å². The Kier molecular flexibility index (Phi) is 3.76. The van der Waals surface area contributed by atoms with E-state index in [1.807, 2.05) is 30.3 Å². The summed E-state index contributed by atoms with van der Waals surface area (Å²) >= 11 is 0. The quantitative estimate of drug-likeness (QED) is 0.775. The number of fused-ring (bicyclic) bond motifs is 1. The van der Waals surface area contributed by atoms with Crippen LogP contribution in [0.15, 0.2) is 54.7 Å². The maximum atomic E-state index is 11.4. The molecule has 114 valence electrons. The van der Waals surface area contributed by atoms with Crippen LogP contribution in [-0.4, -0.2) is 22.0 Å². The van der Waals surface area contributed by atoms with Gasteiger partial charge in [0.05, 0.1) is 11.1 Å². The highest BCUT2D eigenvalue weighted by molar-refractivity contribution is 6.04. The smallest absolute Gasteiger partial charge is 0.336 e. The van der Waals surface area contributed by atoms with Crippen molar-refractivity contribution in [1.82, 2.24) is 4.98 Å². The average molecular weight is 306 g/mol. The number of rotatable bonds is 3. The SMILES string of the molecule is CC(=O)Nc1ccccc1-c1ccc2nccc(C(=O)O)c2c1. The summed E-state index contributed by atoms with van der Waals surface area (Å²) in [5, 5.41) is 12.7. The van der Waals surface area contributed by atoms with Crippen LogP contribution in [0.3, 0.4) is 0 Å². The summed E-state index contributed by atoms with van der Waals surface area (Å²) in [5.41, 5.74) is 3.14. The second kappa shape index (κ2) is 5.88. The first kappa shape index (κ1) is 14.7. The Hall–Kier alpha value is -3.21. The Morgan fingerprint density at radius 1 is 1.09 bits per heavy atom. The molecule has 0 aliphatic rings. The van der Waals surface area contributed by atoms with Gasteiger partial charge in [-0.15, -0.1) is 0 Å². The summed E-state index contributed by atoms with van der Waals surface area (Å²) in [5.74, 6) is -1.16. The van der Waals surface area contributed by atoms with Crippen LogP contribution in [0.5, 0.6) is 0 Å². The molecule has 2 aromatic carbocycles. The minimum Gasteiger partial charge on any atom is -0.478 e. The summed E-state index contributed by atoms with van der Waals surface area (Å²) in [6.45, 7) is 1.45. The van der Waals surface area contributed by atoms with Crippen LogP contribution in [0.2, 0.25) is 0 Å². The molecule has 23 heavy (non-hydrogen) atoms. The zero-order valence-corrected chi connectivity index (χ0v) is 12.4. The van der Waals surface area contributed by atoms with Gasteiger partial charge in [-0.05, 0) is 29.8 Å². The van der Waals surface area contributed by atoms with E-state index in [-0.39, 0.29) is 11.5 Å². The van der Waals surface area contributed by atoms with Crippen molar-refractivity contribution in [2.45, 2.75) is 6.92 Å². The normalized spacial score (nSPS) is 10.5. The molecule has 0 unspecified atom stereocenters. The van der Waals surface area contributed by atoms with Gasteiger partial charge in [0, 0.05) is 29.8 Å². The Labute approximate surface area is 132 Å². The second-order valence-electron chi connectivity index (χ2n) is 5.12. The van der Waals surface area contributed by atoms with Gasteiger partial charge in [-0.2, -0.15) is 0 Å². The molecule has 0 radical (unpaired) electrons. The number of aromatic nitrogens is 1. The largest absolute Gasteiger partial charge is 0.478 e. The molecular weight excluding hydrogens is 292 g/mol. The third-order valence-electron chi connectivity index (χ3n) is 3.52. The van der Waals surface area contributed by atoms with E-state index in [4.69, 9.17) is 0 Å². The fourth-order valence-corrected chi connectivity index (χ4v) is 2.53. The fraction of sp³-hybridized carbons (Fsp3) is 0.0556. The number of hydrogen-bond donors (Lipinski definition) is 2. The number of nitrogens with zero attached hydrogens (tertiary/aromatic N) is 1. The lowest BCUT2D eigenvalue weighted by Gasteiger charge is -2.11. The molecule has 1 amide bonds. The first-order chi connectivity index (χ1) is 11.1. The van der Waals surface area contributed by atoms with Gasteiger partial charge in [-0.1, -0.05) is 24.3 Å². The monoisotopic (exact) mass is 306 g/mol. The highest BCUT2D eigenvalue weighted by Crippen LogP contribution is 2.31. The Bertz CT molecular complexity index is 919. The minimum atomic E-state index is -0.996. The van der Waals surface area contributed by atoms with E-state index in [0.29, 0.717) is 16.6 Å². The van der Waals surface area contributed by atoms with E-state index >= 15 is 0 Å². The first-order valence-corrected chi connectivity index (χ1v) is 7.05. The van der Waals surface area contributed by atoms with Gasteiger partial charge >= 0.3 is 5.97 Å². The number of carboxylic acid groups (broad SMARTS) is 1. The van der Waals surface area contributed by atoms with Crippen molar-refractivity contribution in [1.29, 1.82) is 0 Å². The van der Waals surface area contributed by atoms with Gasteiger partial charge < -0.3 is 10.4 Å². The topological polar surface area (TPSA) is 79.3 Å². The number of carbonyl (C=O) groups is 2. The van der Waals surface area contributed by atoms with E-state index in [1.54, 1.807) is 12.1 Å². The Morgan fingerprint density at radius 2 is 1.87 bits per heavy atom. The molecule has 0 saturated heterocycles. The van der Waals surface area contributed by atoms with Crippen molar-refractivity contribution in [3.05, 3.63) is 60.3 Å². The molecule has 0 fully saturated rings. The predicted molar refractivity (Wildman–Crippen MR) is 88.4 cm³/mol. The summed E-state index contributed by atoms with van der Waals surface area (Å²) in [6, 6.07) is 14.3. The number of hydrogen-bond acceptors (Lipinski definition) is 3. The molecule has 0 aliphatic carbocycles. The number of amides is 1. The standard InChI is InChI=1S/C18H14N2O3/c1-11(21)20-17-5-3-2-4-13(17)12-6-7-16-15(10-12)14(18(22)23)8-9-19-16/h2-10H,1H3,(H,20,21)(H,22,23). The van der Waals surface area contributed by atoms with Gasteiger partial charge in [0.1, 0.15) is 0 Å². The molecule has 3 aromatic rings. The van der Waals surface area contributed by atoms with Crippen LogP contribution in [0.4, 0.5) is 5.69 Å². The Balaban J connectivity index is 2.20. The van der Waals surface area contributed by atoms with Gasteiger partial charge in [0.2, 0.25) is 5.91 Å². The second-order valence-corrected chi connectivity index (χ2v) is 5.12. The third kappa shape index (κ3) is 2.89. The predicted octanol–water partition coefficient (Wildman–Crippen LogP) is 3.56. The molecule has 5 nitrogen and oxygen atoms in total. The third-order valence-corrected chi connectivity index (χ3v) is 3.52. The van der Waals surface area contributed by atoms with E-state index in [1.165, 1.54) is 19.2 Å². The highest BCUT2D eigenvalue weighted by atomic mass is 16.4. The number of anilines is 1. The van der Waals surface area contributed by atoms with Crippen LogP contribution in [0.25, 0.3) is 22.0 Å². The molecule has 5 heteroatoms. The van der Waals surface area contributed by atoms with E-state index in [0.717, 1.165) is 11.1 Å². The number of aromatic carboxylic acids is 1. The van der Waals surface area contributed by atoms with Crippen LogP contribution >= 0.6 is 0 Å². The number of carbonyl (C=O) groups excluding carboxylic acids is 1. The zero-order chi connectivity index (χ0) is 16.4. The maximum absolute atomic E-state index is 11.4. The van der Waals surface area contributed by atoms with Crippen molar-refractivity contribution < 1.29 is 14.7 Å². The van der Waals surface area contributed by atoms with Crippen LogP contribution in [0.1, 0.15) is 17.3 Å². The summed E-state index contributed by atoms with van der Waals surface area (Å²) < 4.78 is 0. The molecule has 0 atom stereocenters. The maximum Gasteiger partial charge on any atom is 0.336 e. The molecule has 0 aliphatic heterocycles. The first-order valence-electron chi connectivity index (χ1n) is 7.05. The molecule has 0 saturated carbocycles. The summed E-state index contributed by atoms with van der Waals surface area (Å²) in [6.07, 6.45) is 1.48. The fourth-order valence-electron chi connectivity index (χ4n) is 2.53. The molecule has 0 spiro atoms. The van der Waals surface area contributed by atoms with Crippen molar-refractivity contribution in [3.8, 4) is 11.1 Å². The van der Waals surface area contributed by atoms with Gasteiger partial charge in [0.25, 0.3) is 0 Å². The molecule has 1 aromatic heterocycles. The number of nitrogens with one attached hydrogen (secondary N) is 1. The summed E-state index contributed by atoms with van der Waals surface area (Å²) in [7, 11) is 0. The lowest BCUT2D eigenvalue weighted by atomic mass is 9.99. The number of benzene rings is 2. The van der Waals surface area contributed by atoms with Crippen LogP contribution in [0, 0.1) is 0 Å².